The first-order valence-corrected chi connectivity index (χ1v) is 7.97. The first kappa shape index (κ1) is 16.1. The Morgan fingerprint density at radius 1 is 1.10 bits per heavy atom. The molecule has 1 aliphatic rings. The summed E-state index contributed by atoms with van der Waals surface area (Å²) in [6.07, 6.45) is 4.65. The molecule has 1 aromatic carbocycles. The van der Waals surface area contributed by atoms with Crippen molar-refractivity contribution in [3.63, 3.8) is 0 Å². The highest BCUT2D eigenvalue weighted by molar-refractivity contribution is 5.35. The molecule has 1 aliphatic carbocycles. The molecule has 2 nitrogen and oxygen atoms in total. The third-order valence-corrected chi connectivity index (χ3v) is 4.04. The van der Waals surface area contributed by atoms with Gasteiger partial charge in [-0.15, -0.1) is 0 Å². The Balaban J connectivity index is 1.82. The fraction of sp³-hybridized carbons (Fsp3) is 0.579. The van der Waals surface area contributed by atoms with E-state index in [0.717, 1.165) is 17.4 Å². The van der Waals surface area contributed by atoms with Crippen LogP contribution in [0.5, 0.6) is 0 Å². The molecule has 0 radical (unpaired) electrons. The van der Waals surface area contributed by atoms with E-state index in [2.05, 4.69) is 37.8 Å². The fourth-order valence-corrected chi connectivity index (χ4v) is 3.13. The lowest BCUT2D eigenvalue weighted by molar-refractivity contribution is -0.00915. The van der Waals surface area contributed by atoms with Gasteiger partial charge in [0.25, 0.3) is 0 Å². The molecule has 21 heavy (non-hydrogen) atoms. The van der Waals surface area contributed by atoms with E-state index in [1.54, 1.807) is 0 Å². The summed E-state index contributed by atoms with van der Waals surface area (Å²) in [5.74, 6) is 7.53. The van der Waals surface area contributed by atoms with Gasteiger partial charge in [0, 0.05) is 12.0 Å². The topological polar surface area (TPSA) is 29.5 Å². The van der Waals surface area contributed by atoms with Crippen molar-refractivity contribution in [1.29, 1.82) is 0 Å². The zero-order chi connectivity index (χ0) is 15.1. The van der Waals surface area contributed by atoms with Gasteiger partial charge in [-0.05, 0) is 48.8 Å². The molecule has 1 saturated carbocycles. The number of benzene rings is 1. The number of ether oxygens (including phenoxy) is 1. The van der Waals surface area contributed by atoms with Crippen LogP contribution >= 0.6 is 0 Å². The second kappa shape index (κ2) is 8.22. The molecule has 2 atom stereocenters. The van der Waals surface area contributed by atoms with Crippen LogP contribution in [0.15, 0.2) is 24.3 Å². The van der Waals surface area contributed by atoms with E-state index in [4.69, 9.17) is 9.84 Å². The van der Waals surface area contributed by atoms with E-state index in [0.29, 0.717) is 19.1 Å². The Labute approximate surface area is 128 Å². The summed E-state index contributed by atoms with van der Waals surface area (Å²) in [5.41, 5.74) is 2.20. The van der Waals surface area contributed by atoms with Crippen molar-refractivity contribution in [1.82, 2.24) is 0 Å². The minimum Gasteiger partial charge on any atom is -0.395 e. The Morgan fingerprint density at radius 3 is 2.38 bits per heavy atom. The molecule has 1 aromatic rings. The summed E-state index contributed by atoms with van der Waals surface area (Å²) in [4.78, 5) is 0. The van der Waals surface area contributed by atoms with E-state index in [-0.39, 0.29) is 6.61 Å². The van der Waals surface area contributed by atoms with Crippen LogP contribution in [0.1, 0.15) is 50.7 Å². The molecule has 0 spiro atoms. The summed E-state index contributed by atoms with van der Waals surface area (Å²) < 4.78 is 6.08. The highest BCUT2D eigenvalue weighted by atomic mass is 16.5. The molecule has 114 valence electrons. The normalized spacial score (nSPS) is 25.2. The molecule has 1 fully saturated rings. The zero-order valence-electron chi connectivity index (χ0n) is 13.1. The second-order valence-electron chi connectivity index (χ2n) is 6.32. The number of rotatable bonds is 4. The summed E-state index contributed by atoms with van der Waals surface area (Å²) in [5, 5.41) is 8.70. The largest absolute Gasteiger partial charge is 0.395 e. The van der Waals surface area contributed by atoms with Crippen LogP contribution < -0.4 is 0 Å². The van der Waals surface area contributed by atoms with Crippen molar-refractivity contribution >= 4 is 0 Å². The van der Waals surface area contributed by atoms with E-state index >= 15 is 0 Å². The Kier molecular flexibility index (Phi) is 6.29. The maximum atomic E-state index is 8.70. The molecule has 1 N–H and O–H groups in total. The molecule has 0 bridgehead atoms. The molecular weight excluding hydrogens is 260 g/mol. The highest BCUT2D eigenvalue weighted by Gasteiger charge is 2.24. The molecule has 0 saturated heterocycles. The van der Waals surface area contributed by atoms with E-state index in [9.17, 15) is 0 Å². The molecule has 2 rings (SSSR count). The standard InChI is InChI=1S/C19H26O2/c1-15-11-16(2)13-19(12-15)21-14-18-8-6-17(7-9-18)5-3-4-10-20/h6-9,15-16,19-20H,4,10-14H2,1-2H3. The minimum atomic E-state index is 0.122. The highest BCUT2D eigenvalue weighted by Crippen LogP contribution is 2.30. The fourth-order valence-electron chi connectivity index (χ4n) is 3.13. The second-order valence-corrected chi connectivity index (χ2v) is 6.32. The average molecular weight is 286 g/mol. The van der Waals surface area contributed by atoms with Crippen LogP contribution in [0.3, 0.4) is 0 Å². The average Bonchev–Trinajstić information content (AvgIpc) is 2.46. The minimum absolute atomic E-state index is 0.122. The predicted molar refractivity (Wildman–Crippen MR) is 85.8 cm³/mol. The Hall–Kier alpha value is -1.30. The molecule has 0 amide bonds. The lowest BCUT2D eigenvalue weighted by Crippen LogP contribution is -2.26. The molecular formula is C19H26O2. The van der Waals surface area contributed by atoms with Gasteiger partial charge in [0.15, 0.2) is 0 Å². The molecule has 2 heteroatoms. The van der Waals surface area contributed by atoms with Crippen LogP contribution in [0.2, 0.25) is 0 Å². The van der Waals surface area contributed by atoms with Gasteiger partial charge in [0.05, 0.1) is 19.3 Å². The maximum Gasteiger partial charge on any atom is 0.0720 e. The van der Waals surface area contributed by atoms with Crippen molar-refractivity contribution in [2.45, 2.75) is 52.2 Å². The number of aliphatic hydroxyl groups is 1. The number of aliphatic hydroxyl groups excluding tert-OH is 1. The Morgan fingerprint density at radius 2 is 1.76 bits per heavy atom. The van der Waals surface area contributed by atoms with Gasteiger partial charge in [-0.1, -0.05) is 37.8 Å². The van der Waals surface area contributed by atoms with Gasteiger partial charge in [0.1, 0.15) is 0 Å². The lowest BCUT2D eigenvalue weighted by atomic mass is 9.82. The van der Waals surface area contributed by atoms with E-state index in [1.807, 2.05) is 12.1 Å². The lowest BCUT2D eigenvalue weighted by Gasteiger charge is -2.31. The maximum absolute atomic E-state index is 8.70. The quantitative estimate of drug-likeness (QED) is 0.854. The van der Waals surface area contributed by atoms with Gasteiger partial charge >= 0.3 is 0 Å². The van der Waals surface area contributed by atoms with Gasteiger partial charge < -0.3 is 9.84 Å². The van der Waals surface area contributed by atoms with Crippen LogP contribution in [0, 0.1) is 23.7 Å². The van der Waals surface area contributed by atoms with Crippen molar-refractivity contribution in [3.05, 3.63) is 35.4 Å². The van der Waals surface area contributed by atoms with Gasteiger partial charge in [-0.2, -0.15) is 0 Å². The third kappa shape index (κ3) is 5.53. The third-order valence-electron chi connectivity index (χ3n) is 4.04. The van der Waals surface area contributed by atoms with Gasteiger partial charge in [-0.3, -0.25) is 0 Å². The van der Waals surface area contributed by atoms with E-state index < -0.39 is 0 Å². The van der Waals surface area contributed by atoms with Crippen LogP contribution in [-0.2, 0) is 11.3 Å². The SMILES string of the molecule is CC1CC(C)CC(OCc2ccc(C#CCCO)cc2)C1. The van der Waals surface area contributed by atoms with Crippen molar-refractivity contribution in [3.8, 4) is 11.8 Å². The van der Waals surface area contributed by atoms with Crippen molar-refractivity contribution in [2.24, 2.45) is 11.8 Å². The zero-order valence-corrected chi connectivity index (χ0v) is 13.1. The van der Waals surface area contributed by atoms with Crippen molar-refractivity contribution < 1.29 is 9.84 Å². The smallest absolute Gasteiger partial charge is 0.0720 e. The summed E-state index contributed by atoms with van der Waals surface area (Å²) in [6, 6.07) is 8.21. The van der Waals surface area contributed by atoms with Crippen LogP contribution in [-0.4, -0.2) is 17.8 Å². The first-order chi connectivity index (χ1) is 10.2. The number of hydrogen-bond acceptors (Lipinski definition) is 2. The Bertz CT molecular complexity index is 471. The van der Waals surface area contributed by atoms with Gasteiger partial charge in [0.2, 0.25) is 0 Å². The first-order valence-electron chi connectivity index (χ1n) is 7.97. The van der Waals surface area contributed by atoms with E-state index in [1.165, 1.54) is 24.8 Å². The predicted octanol–water partition coefficient (Wildman–Crippen LogP) is 3.76. The molecule has 0 aliphatic heterocycles. The van der Waals surface area contributed by atoms with Crippen LogP contribution in [0.25, 0.3) is 0 Å². The van der Waals surface area contributed by atoms with Crippen molar-refractivity contribution in [2.75, 3.05) is 6.61 Å². The molecule has 0 aromatic heterocycles. The molecule has 2 unspecified atom stereocenters. The molecule has 0 heterocycles. The van der Waals surface area contributed by atoms with Gasteiger partial charge in [-0.25, -0.2) is 0 Å². The summed E-state index contributed by atoms with van der Waals surface area (Å²) in [6.45, 7) is 5.46. The number of hydrogen-bond donors (Lipinski definition) is 1. The van der Waals surface area contributed by atoms with Crippen LogP contribution in [0.4, 0.5) is 0 Å². The summed E-state index contributed by atoms with van der Waals surface area (Å²) in [7, 11) is 0. The summed E-state index contributed by atoms with van der Waals surface area (Å²) >= 11 is 0. The monoisotopic (exact) mass is 286 g/mol.